The number of amides is 2. The Balaban J connectivity index is 2.67. The third-order valence-electron chi connectivity index (χ3n) is 4.72. The number of nitrogens with zero attached hydrogens (tertiary/aromatic N) is 2. The van der Waals surface area contributed by atoms with E-state index in [0.29, 0.717) is 6.42 Å². The topological polar surface area (TPSA) is 59.1 Å². The van der Waals surface area contributed by atoms with Crippen LogP contribution in [0.25, 0.3) is 0 Å². The first kappa shape index (κ1) is 24.2. The van der Waals surface area contributed by atoms with Crippen LogP contribution in [0.15, 0.2) is 0 Å². The lowest BCUT2D eigenvalue weighted by atomic mass is 9.88. The van der Waals surface area contributed by atoms with E-state index in [2.05, 4.69) is 4.74 Å². The highest BCUT2D eigenvalue weighted by atomic mass is 19.4. The van der Waals surface area contributed by atoms with Gasteiger partial charge >= 0.3 is 24.5 Å². The predicted octanol–water partition coefficient (Wildman–Crippen LogP) is 4.34. The van der Waals surface area contributed by atoms with Gasteiger partial charge in [-0.05, 0) is 26.2 Å². The lowest BCUT2D eigenvalue weighted by Gasteiger charge is -2.44. The average molecular weight is 422 g/mol. The fourth-order valence-electron chi connectivity index (χ4n) is 2.62. The van der Waals surface area contributed by atoms with E-state index in [1.54, 1.807) is 6.92 Å². The second kappa shape index (κ2) is 9.08. The summed E-state index contributed by atoms with van der Waals surface area (Å²) in [5.74, 6) is 0. The summed E-state index contributed by atoms with van der Waals surface area (Å²) in [6.45, 7) is 3.54. The van der Waals surface area contributed by atoms with Crippen molar-refractivity contribution in [3.05, 3.63) is 0 Å². The zero-order chi connectivity index (χ0) is 21.8. The van der Waals surface area contributed by atoms with Crippen molar-refractivity contribution in [3.8, 4) is 0 Å². The van der Waals surface area contributed by atoms with Crippen molar-refractivity contribution in [1.82, 2.24) is 9.80 Å². The van der Waals surface area contributed by atoms with E-state index in [1.807, 2.05) is 6.92 Å². The highest BCUT2D eigenvalue weighted by Gasteiger charge is 2.60. The molecular weight excluding hydrogens is 398 g/mol. The lowest BCUT2D eigenvalue weighted by Crippen LogP contribution is -2.56. The molecule has 1 rings (SSSR count). The number of halogens is 6. The van der Waals surface area contributed by atoms with Gasteiger partial charge in [0.05, 0.1) is 6.61 Å². The SMILES string of the molecule is CCCCOC(=O)N(C)C1(C)CCN(C(=O)OC(C(F)(F)F)C(F)(F)F)CC1. The van der Waals surface area contributed by atoms with Crippen LogP contribution in [-0.2, 0) is 9.47 Å². The Morgan fingerprint density at radius 1 is 1.11 bits per heavy atom. The Morgan fingerprint density at radius 2 is 1.61 bits per heavy atom. The molecule has 0 bridgehead atoms. The van der Waals surface area contributed by atoms with E-state index in [-0.39, 0.29) is 32.5 Å². The molecule has 0 aromatic carbocycles. The second-order valence-electron chi connectivity index (χ2n) is 6.86. The van der Waals surface area contributed by atoms with Gasteiger partial charge in [0.15, 0.2) is 0 Å². The molecule has 0 aromatic rings. The van der Waals surface area contributed by atoms with E-state index in [4.69, 9.17) is 4.74 Å². The molecular formula is C16H24F6N2O4. The van der Waals surface area contributed by atoms with Crippen molar-refractivity contribution in [2.45, 2.75) is 63.5 Å². The minimum atomic E-state index is -5.76. The van der Waals surface area contributed by atoms with Crippen LogP contribution in [0.3, 0.4) is 0 Å². The second-order valence-corrected chi connectivity index (χ2v) is 6.86. The summed E-state index contributed by atoms with van der Waals surface area (Å²) in [6.07, 6.45) is -16.2. The maximum Gasteiger partial charge on any atom is 0.434 e. The first-order valence-electron chi connectivity index (χ1n) is 8.72. The highest BCUT2D eigenvalue weighted by Crippen LogP contribution is 2.36. The number of carbonyl (C=O) groups excluding carboxylic acids is 2. The number of carbonyl (C=O) groups is 2. The van der Waals surface area contributed by atoms with E-state index in [1.165, 1.54) is 11.9 Å². The van der Waals surface area contributed by atoms with Crippen LogP contribution in [0, 0.1) is 0 Å². The normalized spacial score (nSPS) is 17.4. The Kier molecular flexibility index (Phi) is 7.83. The number of rotatable bonds is 5. The molecule has 1 saturated heterocycles. The van der Waals surface area contributed by atoms with Gasteiger partial charge < -0.3 is 19.3 Å². The average Bonchev–Trinajstić information content (AvgIpc) is 2.57. The van der Waals surface area contributed by atoms with Gasteiger partial charge in [-0.1, -0.05) is 13.3 Å². The van der Waals surface area contributed by atoms with Crippen molar-refractivity contribution < 1.29 is 45.4 Å². The van der Waals surface area contributed by atoms with Gasteiger partial charge in [-0.25, -0.2) is 9.59 Å². The van der Waals surface area contributed by atoms with Crippen LogP contribution in [-0.4, -0.2) is 72.7 Å². The molecule has 1 aliphatic heterocycles. The van der Waals surface area contributed by atoms with Crippen molar-refractivity contribution in [2.75, 3.05) is 26.7 Å². The highest BCUT2D eigenvalue weighted by molar-refractivity contribution is 5.69. The number of piperidine rings is 1. The van der Waals surface area contributed by atoms with Gasteiger partial charge in [0.1, 0.15) is 0 Å². The monoisotopic (exact) mass is 422 g/mol. The van der Waals surface area contributed by atoms with Gasteiger partial charge in [-0.3, -0.25) is 0 Å². The van der Waals surface area contributed by atoms with Crippen LogP contribution >= 0.6 is 0 Å². The molecule has 0 radical (unpaired) electrons. The van der Waals surface area contributed by atoms with Crippen LogP contribution in [0.2, 0.25) is 0 Å². The van der Waals surface area contributed by atoms with E-state index >= 15 is 0 Å². The number of hydrogen-bond donors (Lipinski definition) is 0. The van der Waals surface area contributed by atoms with Gasteiger partial charge in [-0.2, -0.15) is 26.3 Å². The summed E-state index contributed by atoms with van der Waals surface area (Å²) in [5, 5.41) is 0. The minimum Gasteiger partial charge on any atom is -0.449 e. The molecule has 2 amide bonds. The van der Waals surface area contributed by atoms with Crippen LogP contribution in [0.5, 0.6) is 0 Å². The summed E-state index contributed by atoms with van der Waals surface area (Å²) in [5.41, 5.74) is -0.756. The molecule has 0 atom stereocenters. The van der Waals surface area contributed by atoms with Crippen molar-refractivity contribution in [3.63, 3.8) is 0 Å². The molecule has 0 saturated carbocycles. The molecule has 1 heterocycles. The zero-order valence-corrected chi connectivity index (χ0v) is 15.8. The Labute approximate surface area is 158 Å². The van der Waals surface area contributed by atoms with Gasteiger partial charge in [-0.15, -0.1) is 0 Å². The molecule has 164 valence electrons. The molecule has 0 aliphatic carbocycles. The van der Waals surface area contributed by atoms with Crippen LogP contribution in [0.1, 0.15) is 39.5 Å². The molecule has 0 spiro atoms. The summed E-state index contributed by atoms with van der Waals surface area (Å²) in [6, 6.07) is 0. The maximum atomic E-state index is 12.5. The van der Waals surface area contributed by atoms with Crippen molar-refractivity contribution in [1.29, 1.82) is 0 Å². The summed E-state index contributed by atoms with van der Waals surface area (Å²) in [4.78, 5) is 25.9. The van der Waals surface area contributed by atoms with Crippen molar-refractivity contribution in [2.24, 2.45) is 0 Å². The largest absolute Gasteiger partial charge is 0.449 e. The number of hydrogen-bond acceptors (Lipinski definition) is 4. The molecule has 28 heavy (non-hydrogen) atoms. The smallest absolute Gasteiger partial charge is 0.434 e. The fourth-order valence-corrected chi connectivity index (χ4v) is 2.62. The fraction of sp³-hybridized carbons (Fsp3) is 0.875. The zero-order valence-electron chi connectivity index (χ0n) is 15.8. The number of ether oxygens (including phenoxy) is 2. The first-order chi connectivity index (χ1) is 12.7. The third-order valence-corrected chi connectivity index (χ3v) is 4.72. The standard InChI is InChI=1S/C16H24F6N2O4/c1-4-5-10-27-12(25)23(3)14(2)6-8-24(9-7-14)13(26)28-11(15(17,18)19)16(20,21)22/h11H,4-10H2,1-3H3. The Morgan fingerprint density at radius 3 is 2.04 bits per heavy atom. The van der Waals surface area contributed by atoms with Crippen LogP contribution < -0.4 is 0 Å². The van der Waals surface area contributed by atoms with Gasteiger partial charge in [0, 0.05) is 25.7 Å². The van der Waals surface area contributed by atoms with Gasteiger partial charge in [0.25, 0.3) is 6.10 Å². The quantitative estimate of drug-likeness (QED) is 0.489. The maximum absolute atomic E-state index is 12.5. The molecule has 0 aromatic heterocycles. The summed E-state index contributed by atoms with van der Waals surface area (Å²) in [7, 11) is 1.49. The number of unbranched alkanes of at least 4 members (excludes halogenated alkanes) is 1. The summed E-state index contributed by atoms with van der Waals surface area (Å²) >= 11 is 0. The first-order valence-corrected chi connectivity index (χ1v) is 8.72. The Hall–Kier alpha value is -1.88. The molecule has 12 heteroatoms. The van der Waals surface area contributed by atoms with E-state index < -0.39 is 36.2 Å². The molecule has 6 nitrogen and oxygen atoms in total. The number of likely N-dealkylation sites (tertiary alicyclic amines) is 1. The lowest BCUT2D eigenvalue weighted by molar-refractivity contribution is -0.308. The third kappa shape index (κ3) is 6.33. The molecule has 0 N–H and O–H groups in total. The summed E-state index contributed by atoms with van der Waals surface area (Å²) < 4.78 is 83.9. The van der Waals surface area contributed by atoms with E-state index in [0.717, 1.165) is 11.3 Å². The van der Waals surface area contributed by atoms with Gasteiger partial charge in [0.2, 0.25) is 0 Å². The molecule has 0 unspecified atom stereocenters. The van der Waals surface area contributed by atoms with E-state index in [9.17, 15) is 35.9 Å². The van der Waals surface area contributed by atoms with Crippen molar-refractivity contribution >= 4 is 12.2 Å². The predicted molar refractivity (Wildman–Crippen MR) is 85.6 cm³/mol. The minimum absolute atomic E-state index is 0.143. The van der Waals surface area contributed by atoms with Crippen LogP contribution in [0.4, 0.5) is 35.9 Å². The molecule has 1 fully saturated rings. The Bertz CT molecular complexity index is 530. The molecule has 1 aliphatic rings. The number of alkyl halides is 6.